The molecule has 2 fully saturated rings. The maximum Gasteiger partial charge on any atom is 0.293 e. The summed E-state index contributed by atoms with van der Waals surface area (Å²) < 4.78 is 0. The number of amides is 4. The highest BCUT2D eigenvalue weighted by Crippen LogP contribution is 2.33. The summed E-state index contributed by atoms with van der Waals surface area (Å²) in [5.74, 6) is -0.642. The molecule has 4 amide bonds. The number of carbonyl (C=O) groups is 4. The monoisotopic (exact) mass is 583 g/mol. The fourth-order valence-corrected chi connectivity index (χ4v) is 5.84. The van der Waals surface area contributed by atoms with Gasteiger partial charge < -0.3 is 4.90 Å². The van der Waals surface area contributed by atoms with E-state index in [9.17, 15) is 19.2 Å². The normalized spacial score (nSPS) is 18.5. The summed E-state index contributed by atoms with van der Waals surface area (Å²) in [5, 5.41) is -0.0261. The summed E-state index contributed by atoms with van der Waals surface area (Å²) in [6, 6.07) is 15.0. The number of hydrogen-bond acceptors (Lipinski definition) is 7. The van der Waals surface area contributed by atoms with E-state index in [0.29, 0.717) is 27.9 Å². The Kier molecular flexibility index (Phi) is 9.06. The van der Waals surface area contributed by atoms with Gasteiger partial charge in [0.05, 0.1) is 9.81 Å². The van der Waals surface area contributed by atoms with Gasteiger partial charge in [-0.15, -0.1) is 0 Å². The minimum atomic E-state index is -0.333. The molecule has 39 heavy (non-hydrogen) atoms. The molecule has 2 aromatic rings. The van der Waals surface area contributed by atoms with Gasteiger partial charge in [0.15, 0.2) is 0 Å². The van der Waals surface area contributed by atoms with E-state index in [-0.39, 0.29) is 40.8 Å². The molecule has 0 saturated carbocycles. The van der Waals surface area contributed by atoms with Crippen molar-refractivity contribution in [2.24, 2.45) is 0 Å². The number of hydrogen-bond donors (Lipinski definition) is 0. The van der Waals surface area contributed by atoms with Crippen LogP contribution in [0.5, 0.6) is 0 Å². The zero-order chi connectivity index (χ0) is 28.3. The van der Waals surface area contributed by atoms with Crippen molar-refractivity contribution in [3.05, 3.63) is 80.1 Å². The van der Waals surface area contributed by atoms with Gasteiger partial charge in [0.25, 0.3) is 22.3 Å². The van der Waals surface area contributed by atoms with Gasteiger partial charge in [-0.05, 0) is 77.0 Å². The maximum absolute atomic E-state index is 12.9. The molecule has 2 heterocycles. The molecule has 0 radical (unpaired) electrons. The van der Waals surface area contributed by atoms with Crippen molar-refractivity contribution in [3.8, 4) is 0 Å². The maximum atomic E-state index is 12.9. The summed E-state index contributed by atoms with van der Waals surface area (Å²) in [7, 11) is 1.83. The van der Waals surface area contributed by atoms with E-state index in [0.717, 1.165) is 34.7 Å². The smallest absolute Gasteiger partial charge is 0.293 e. The first kappa shape index (κ1) is 29.1. The number of benzene rings is 2. The first-order valence-electron chi connectivity index (χ1n) is 12.5. The van der Waals surface area contributed by atoms with Gasteiger partial charge in [-0.2, -0.15) is 0 Å². The van der Waals surface area contributed by atoms with E-state index in [1.54, 1.807) is 36.4 Å². The Morgan fingerprint density at radius 1 is 0.744 bits per heavy atom. The molecule has 2 saturated heterocycles. The van der Waals surface area contributed by atoms with Gasteiger partial charge in [-0.25, -0.2) is 0 Å². The lowest BCUT2D eigenvalue weighted by molar-refractivity contribution is -0.123. The Balaban J connectivity index is 1.29. The third kappa shape index (κ3) is 7.22. The molecule has 204 valence electrons. The number of imide groups is 2. The molecule has 0 unspecified atom stereocenters. The van der Waals surface area contributed by atoms with E-state index in [4.69, 9.17) is 11.6 Å². The fraction of sp³-hybridized carbons (Fsp3) is 0.310. The highest BCUT2D eigenvalue weighted by Gasteiger charge is 2.36. The molecule has 0 aromatic heterocycles. The van der Waals surface area contributed by atoms with Crippen LogP contribution >= 0.6 is 35.1 Å². The number of thioether (sulfide) groups is 2. The zero-order valence-electron chi connectivity index (χ0n) is 22.3. The van der Waals surface area contributed by atoms with Crippen LogP contribution in [0.1, 0.15) is 37.5 Å². The van der Waals surface area contributed by atoms with Crippen LogP contribution in [0.15, 0.2) is 58.3 Å². The zero-order valence-corrected chi connectivity index (χ0v) is 24.7. The van der Waals surface area contributed by atoms with Gasteiger partial charge in [-0.1, -0.05) is 68.8 Å². The molecule has 0 N–H and O–H groups in total. The second-order valence-electron chi connectivity index (χ2n) is 10.4. The van der Waals surface area contributed by atoms with Crippen LogP contribution in [0.3, 0.4) is 0 Å². The molecule has 7 nitrogen and oxygen atoms in total. The van der Waals surface area contributed by atoms with Crippen molar-refractivity contribution < 1.29 is 19.2 Å². The summed E-state index contributed by atoms with van der Waals surface area (Å²) >= 11 is 7.76. The molecule has 0 atom stereocenters. The van der Waals surface area contributed by atoms with E-state index in [1.165, 1.54) is 15.4 Å². The van der Waals surface area contributed by atoms with Crippen LogP contribution in [-0.4, -0.2) is 70.2 Å². The van der Waals surface area contributed by atoms with Crippen molar-refractivity contribution in [1.82, 2.24) is 14.7 Å². The van der Waals surface area contributed by atoms with E-state index >= 15 is 0 Å². The van der Waals surface area contributed by atoms with Crippen LogP contribution in [0.4, 0.5) is 9.59 Å². The Morgan fingerprint density at radius 3 is 1.56 bits per heavy atom. The van der Waals surface area contributed by atoms with E-state index < -0.39 is 0 Å². The predicted molar refractivity (Wildman–Crippen MR) is 159 cm³/mol. The van der Waals surface area contributed by atoms with Crippen LogP contribution < -0.4 is 0 Å². The van der Waals surface area contributed by atoms with Gasteiger partial charge in [0, 0.05) is 31.2 Å². The standard InChI is InChI=1S/C29H30ClN3O4S2/c1-29(2,3)21-9-5-19(6-10-21)17-23-25(34)32(27(36)38-23)15-13-31(4)14-16-33-26(35)24(39-28(33)37)18-20-7-11-22(30)12-8-20/h5-12,17-18H,13-16H2,1-4H3/b23-17+,24-18+. The molecular weight excluding hydrogens is 554 g/mol. The van der Waals surface area contributed by atoms with Crippen molar-refractivity contribution in [2.75, 3.05) is 33.2 Å². The third-order valence-corrected chi connectivity index (χ3v) is 8.47. The first-order chi connectivity index (χ1) is 18.4. The molecule has 0 bridgehead atoms. The lowest BCUT2D eigenvalue weighted by Gasteiger charge is -2.22. The summed E-state index contributed by atoms with van der Waals surface area (Å²) in [6.07, 6.45) is 3.43. The van der Waals surface area contributed by atoms with Crippen molar-refractivity contribution in [2.45, 2.75) is 26.2 Å². The largest absolute Gasteiger partial charge is 0.303 e. The summed E-state index contributed by atoms with van der Waals surface area (Å²) in [6.45, 7) is 7.69. The average Bonchev–Trinajstić information content (AvgIpc) is 3.30. The number of rotatable bonds is 8. The van der Waals surface area contributed by atoms with Gasteiger partial charge in [0.2, 0.25) is 0 Å². The Bertz CT molecular complexity index is 1350. The molecule has 2 aromatic carbocycles. The van der Waals surface area contributed by atoms with Gasteiger partial charge >= 0.3 is 0 Å². The second-order valence-corrected chi connectivity index (χ2v) is 12.8. The molecule has 2 aliphatic rings. The molecule has 0 aliphatic carbocycles. The minimum Gasteiger partial charge on any atom is -0.303 e. The van der Waals surface area contributed by atoms with Crippen molar-refractivity contribution in [1.29, 1.82) is 0 Å². The fourth-order valence-electron chi connectivity index (χ4n) is 3.98. The molecule has 2 aliphatic heterocycles. The lowest BCUT2D eigenvalue weighted by Crippen LogP contribution is -2.40. The Morgan fingerprint density at radius 2 is 1.15 bits per heavy atom. The number of likely N-dealkylation sites (N-methyl/N-ethyl adjacent to an activating group) is 1. The van der Waals surface area contributed by atoms with Crippen LogP contribution in [-0.2, 0) is 15.0 Å². The lowest BCUT2D eigenvalue weighted by atomic mass is 9.87. The van der Waals surface area contributed by atoms with Crippen molar-refractivity contribution in [3.63, 3.8) is 0 Å². The van der Waals surface area contributed by atoms with Gasteiger partial charge in [-0.3, -0.25) is 29.0 Å². The first-order valence-corrected chi connectivity index (χ1v) is 14.5. The topological polar surface area (TPSA) is 78.0 Å². The van der Waals surface area contributed by atoms with Crippen molar-refractivity contribution >= 4 is 69.6 Å². The molecule has 4 rings (SSSR count). The third-order valence-electron chi connectivity index (χ3n) is 6.40. The quantitative estimate of drug-likeness (QED) is 0.335. The Hall–Kier alpha value is -2.85. The molecule has 10 heteroatoms. The number of carbonyl (C=O) groups excluding carboxylic acids is 4. The molecular formula is C29H30ClN3O4S2. The predicted octanol–water partition coefficient (Wildman–Crippen LogP) is 6.34. The number of nitrogens with zero attached hydrogens (tertiary/aromatic N) is 3. The Labute approximate surface area is 242 Å². The minimum absolute atomic E-state index is 0.0347. The second kappa shape index (κ2) is 12.1. The van der Waals surface area contributed by atoms with Crippen LogP contribution in [0, 0.1) is 0 Å². The summed E-state index contributed by atoms with van der Waals surface area (Å²) in [4.78, 5) is 55.8. The van der Waals surface area contributed by atoms with E-state index in [2.05, 4.69) is 20.8 Å². The van der Waals surface area contributed by atoms with Crippen LogP contribution in [0.2, 0.25) is 5.02 Å². The summed E-state index contributed by atoms with van der Waals surface area (Å²) in [5.41, 5.74) is 2.89. The highest BCUT2D eigenvalue weighted by atomic mass is 35.5. The van der Waals surface area contributed by atoms with Crippen LogP contribution in [0.25, 0.3) is 12.2 Å². The SMILES string of the molecule is CN(CCN1C(=O)S/C(=C/c2ccc(Cl)cc2)C1=O)CCN1C(=O)S/C(=C/c2ccc(C(C)(C)C)cc2)C1=O. The van der Waals surface area contributed by atoms with E-state index in [1.807, 2.05) is 36.2 Å². The number of halogens is 1. The average molecular weight is 584 g/mol. The molecule has 0 spiro atoms. The van der Waals surface area contributed by atoms with Gasteiger partial charge in [0.1, 0.15) is 0 Å². The highest BCUT2D eigenvalue weighted by molar-refractivity contribution is 8.18.